The number of ether oxygens (including phenoxy) is 1. The van der Waals surface area contributed by atoms with E-state index in [1.807, 2.05) is 36.4 Å². The first kappa shape index (κ1) is 18.4. The Morgan fingerprint density at radius 1 is 1.23 bits per heavy atom. The van der Waals surface area contributed by atoms with Gasteiger partial charge in [0.25, 0.3) is 0 Å². The third kappa shape index (κ3) is 4.80. The van der Waals surface area contributed by atoms with Crippen LogP contribution in [0.1, 0.15) is 18.5 Å². The van der Waals surface area contributed by atoms with Crippen molar-refractivity contribution in [2.75, 3.05) is 12.5 Å². The number of aromatic nitrogens is 1. The molecule has 1 aromatic heterocycles. The molecule has 0 atom stereocenters. The van der Waals surface area contributed by atoms with Crippen LogP contribution in [0.4, 0.5) is 5.69 Å². The predicted molar refractivity (Wildman–Crippen MR) is 105 cm³/mol. The Morgan fingerprint density at radius 3 is 2.77 bits per heavy atom. The maximum atomic E-state index is 11.4. The first-order valence-electron chi connectivity index (χ1n) is 8.16. The van der Waals surface area contributed by atoms with Crippen LogP contribution in [0.25, 0.3) is 10.2 Å². The van der Waals surface area contributed by atoms with Gasteiger partial charge in [0.2, 0.25) is 0 Å². The summed E-state index contributed by atoms with van der Waals surface area (Å²) >= 11 is 7.48. The van der Waals surface area contributed by atoms with Crippen LogP contribution in [0.15, 0.2) is 53.6 Å². The molecule has 0 fully saturated rings. The van der Waals surface area contributed by atoms with Crippen molar-refractivity contribution in [1.29, 1.82) is 0 Å². The van der Waals surface area contributed by atoms with Crippen LogP contribution in [0.5, 0.6) is 0 Å². The lowest BCUT2D eigenvalue weighted by Gasteiger charge is -2.05. The second-order valence-electron chi connectivity index (χ2n) is 5.59. The Morgan fingerprint density at radius 2 is 2.00 bits per heavy atom. The molecule has 0 saturated carbocycles. The molecule has 3 aromatic rings. The number of hydrogen-bond acceptors (Lipinski definition) is 6. The summed E-state index contributed by atoms with van der Waals surface area (Å²) in [5.74, 6) is -0.216. The molecule has 0 aliphatic heterocycles. The van der Waals surface area contributed by atoms with Gasteiger partial charge in [-0.25, -0.2) is 4.98 Å². The largest absolute Gasteiger partial charge is 0.469 e. The van der Waals surface area contributed by atoms with Crippen LogP contribution in [-0.2, 0) is 16.0 Å². The molecular weight excluding hydrogens is 370 g/mol. The monoisotopic (exact) mass is 387 g/mol. The SMILES string of the molecule is COC(=O)CCCc1nc2ccccc2s/c1=N/Nc1ccc(Cl)cc1. The van der Waals surface area contributed by atoms with Gasteiger partial charge in [0, 0.05) is 11.4 Å². The van der Waals surface area contributed by atoms with E-state index in [1.54, 1.807) is 23.5 Å². The first-order chi connectivity index (χ1) is 12.7. The van der Waals surface area contributed by atoms with Crippen molar-refractivity contribution in [1.82, 2.24) is 4.98 Å². The maximum absolute atomic E-state index is 11.4. The van der Waals surface area contributed by atoms with Crippen LogP contribution in [0.3, 0.4) is 0 Å². The number of para-hydroxylation sites is 1. The predicted octanol–water partition coefficient (Wildman–Crippen LogP) is 4.37. The molecule has 0 aliphatic rings. The third-order valence-corrected chi connectivity index (χ3v) is 5.06. The Hall–Kier alpha value is -2.44. The van der Waals surface area contributed by atoms with Crippen molar-refractivity contribution < 1.29 is 9.53 Å². The summed E-state index contributed by atoms with van der Waals surface area (Å²) in [6, 6.07) is 15.3. The van der Waals surface area contributed by atoms with Crippen LogP contribution in [0.2, 0.25) is 5.02 Å². The van der Waals surface area contributed by atoms with E-state index in [0.29, 0.717) is 24.3 Å². The van der Waals surface area contributed by atoms with Crippen LogP contribution < -0.4 is 10.1 Å². The number of rotatable bonds is 6. The normalized spacial score (nSPS) is 11.5. The van der Waals surface area contributed by atoms with E-state index < -0.39 is 0 Å². The Balaban J connectivity index is 1.89. The second-order valence-corrected chi connectivity index (χ2v) is 7.06. The average molecular weight is 388 g/mol. The standard InChI is InChI=1S/C19H18ClN3O2S/c1-25-18(24)8-4-6-16-19(23-22-14-11-9-13(20)10-12-14)26-17-7-3-2-5-15(17)21-16/h2-3,5,7,9-12,22H,4,6,8H2,1H3/b23-19+. The number of esters is 1. The molecule has 3 rings (SSSR count). The van der Waals surface area contributed by atoms with Gasteiger partial charge in [0.05, 0.1) is 28.7 Å². The van der Waals surface area contributed by atoms with E-state index in [0.717, 1.165) is 26.3 Å². The molecule has 0 saturated heterocycles. The maximum Gasteiger partial charge on any atom is 0.305 e. The minimum absolute atomic E-state index is 0.216. The lowest BCUT2D eigenvalue weighted by atomic mass is 10.2. The molecule has 2 aromatic carbocycles. The molecule has 1 N–H and O–H groups in total. The number of carbonyl (C=O) groups excluding carboxylic acids is 1. The van der Waals surface area contributed by atoms with Crippen molar-refractivity contribution >= 4 is 44.8 Å². The lowest BCUT2D eigenvalue weighted by molar-refractivity contribution is -0.140. The van der Waals surface area contributed by atoms with E-state index >= 15 is 0 Å². The van der Waals surface area contributed by atoms with Gasteiger partial charge in [-0.2, -0.15) is 5.10 Å². The van der Waals surface area contributed by atoms with Crippen LogP contribution >= 0.6 is 22.9 Å². The number of nitrogens with one attached hydrogen (secondary N) is 1. The minimum Gasteiger partial charge on any atom is -0.469 e. The molecule has 0 unspecified atom stereocenters. The molecule has 134 valence electrons. The molecule has 26 heavy (non-hydrogen) atoms. The zero-order valence-electron chi connectivity index (χ0n) is 14.2. The first-order valence-corrected chi connectivity index (χ1v) is 9.36. The molecule has 1 heterocycles. The van der Waals surface area contributed by atoms with Gasteiger partial charge in [-0.3, -0.25) is 10.2 Å². The highest BCUT2D eigenvalue weighted by atomic mass is 35.5. The third-order valence-electron chi connectivity index (χ3n) is 3.73. The van der Waals surface area contributed by atoms with Crippen molar-refractivity contribution in [2.24, 2.45) is 5.10 Å². The number of aryl methyl sites for hydroxylation is 1. The molecule has 0 amide bonds. The molecule has 0 spiro atoms. The highest BCUT2D eigenvalue weighted by molar-refractivity contribution is 7.16. The molecule has 0 aliphatic carbocycles. The van der Waals surface area contributed by atoms with E-state index in [4.69, 9.17) is 21.3 Å². The Kier molecular flexibility index (Phi) is 6.20. The van der Waals surface area contributed by atoms with Crippen molar-refractivity contribution in [3.63, 3.8) is 0 Å². The van der Waals surface area contributed by atoms with Gasteiger partial charge in [-0.1, -0.05) is 23.7 Å². The number of methoxy groups -OCH3 is 1. The van der Waals surface area contributed by atoms with E-state index in [1.165, 1.54) is 7.11 Å². The summed E-state index contributed by atoms with van der Waals surface area (Å²) in [5.41, 5.74) is 5.68. The number of anilines is 1. The van der Waals surface area contributed by atoms with Crippen LogP contribution in [0, 0.1) is 0 Å². The Labute approximate surface area is 160 Å². The second kappa shape index (κ2) is 8.78. The molecule has 0 radical (unpaired) electrons. The van der Waals surface area contributed by atoms with Gasteiger partial charge in [-0.15, -0.1) is 11.3 Å². The number of fused-ring (bicyclic) bond motifs is 1. The fourth-order valence-electron chi connectivity index (χ4n) is 2.38. The summed E-state index contributed by atoms with van der Waals surface area (Å²) in [6.07, 6.45) is 1.67. The quantitative estimate of drug-likeness (QED) is 0.503. The van der Waals surface area contributed by atoms with Crippen molar-refractivity contribution in [3.8, 4) is 0 Å². The highest BCUT2D eigenvalue weighted by Crippen LogP contribution is 2.16. The number of hydrogen-bond donors (Lipinski definition) is 1. The number of halogens is 1. The minimum atomic E-state index is -0.216. The van der Waals surface area contributed by atoms with E-state index in [2.05, 4.69) is 10.5 Å². The molecule has 0 bridgehead atoms. The summed E-state index contributed by atoms with van der Waals surface area (Å²) in [7, 11) is 1.40. The topological polar surface area (TPSA) is 63.6 Å². The number of carbonyl (C=O) groups is 1. The molecular formula is C19H18ClN3O2S. The van der Waals surface area contributed by atoms with E-state index in [9.17, 15) is 4.79 Å². The van der Waals surface area contributed by atoms with Crippen molar-refractivity contribution in [3.05, 3.63) is 63.9 Å². The van der Waals surface area contributed by atoms with Gasteiger partial charge < -0.3 is 4.74 Å². The average Bonchev–Trinajstić information content (AvgIpc) is 2.67. The number of benzene rings is 2. The summed E-state index contributed by atoms with van der Waals surface area (Å²) in [4.78, 5) is 16.1. The van der Waals surface area contributed by atoms with Crippen LogP contribution in [-0.4, -0.2) is 18.1 Å². The van der Waals surface area contributed by atoms with Gasteiger partial charge in [-0.05, 0) is 49.2 Å². The number of nitrogens with zero attached hydrogens (tertiary/aromatic N) is 2. The zero-order valence-corrected chi connectivity index (χ0v) is 15.8. The lowest BCUT2D eigenvalue weighted by Crippen LogP contribution is -2.13. The summed E-state index contributed by atoms with van der Waals surface area (Å²) in [6.45, 7) is 0. The van der Waals surface area contributed by atoms with Gasteiger partial charge >= 0.3 is 5.97 Å². The van der Waals surface area contributed by atoms with E-state index in [-0.39, 0.29) is 5.97 Å². The smallest absolute Gasteiger partial charge is 0.305 e. The summed E-state index contributed by atoms with van der Waals surface area (Å²) in [5, 5.41) is 5.20. The fourth-order valence-corrected chi connectivity index (χ4v) is 3.44. The Bertz CT molecular complexity index is 970. The zero-order chi connectivity index (χ0) is 18.4. The highest BCUT2D eigenvalue weighted by Gasteiger charge is 2.07. The summed E-state index contributed by atoms with van der Waals surface area (Å²) < 4.78 is 6.55. The van der Waals surface area contributed by atoms with Gasteiger partial charge in [0.15, 0.2) is 4.67 Å². The molecule has 7 heteroatoms. The molecule has 5 nitrogen and oxygen atoms in total. The van der Waals surface area contributed by atoms with Crippen molar-refractivity contribution in [2.45, 2.75) is 19.3 Å². The van der Waals surface area contributed by atoms with Gasteiger partial charge in [0.1, 0.15) is 0 Å². The fraction of sp³-hybridized carbons (Fsp3) is 0.211.